The summed E-state index contributed by atoms with van der Waals surface area (Å²) in [4.78, 5) is 55.3. The predicted octanol–water partition coefficient (Wildman–Crippen LogP) is 9.34. The highest BCUT2D eigenvalue weighted by Crippen LogP contribution is 2.49. The Morgan fingerprint density at radius 2 is 1.21 bits per heavy atom. The monoisotopic (exact) mass is 902 g/mol. The van der Waals surface area contributed by atoms with Crippen molar-refractivity contribution >= 4 is 69.3 Å². The van der Waals surface area contributed by atoms with E-state index in [2.05, 4.69) is 61.5 Å². The third kappa shape index (κ3) is 8.58. The predicted molar refractivity (Wildman–Crippen MR) is 264 cm³/mol. The van der Waals surface area contributed by atoms with Crippen molar-refractivity contribution in [3.05, 3.63) is 172 Å². The number of benzene rings is 6. The second kappa shape index (κ2) is 17.9. The van der Waals surface area contributed by atoms with E-state index in [-0.39, 0.29) is 41.4 Å². The van der Waals surface area contributed by atoms with Gasteiger partial charge in [-0.05, 0) is 90.3 Å². The summed E-state index contributed by atoms with van der Waals surface area (Å²) in [5.41, 5.74) is 23.8. The van der Waals surface area contributed by atoms with E-state index in [9.17, 15) is 19.2 Å². The van der Waals surface area contributed by atoms with Crippen LogP contribution in [-0.2, 0) is 9.59 Å². The van der Waals surface area contributed by atoms with Crippen LogP contribution in [0.15, 0.2) is 144 Å². The fourth-order valence-electron chi connectivity index (χ4n) is 9.22. The van der Waals surface area contributed by atoms with E-state index < -0.39 is 5.97 Å². The first kappa shape index (κ1) is 43.1. The molecule has 2 aromatic heterocycles. The summed E-state index contributed by atoms with van der Waals surface area (Å²) >= 11 is 0. The van der Waals surface area contributed by atoms with Gasteiger partial charge in [-0.1, -0.05) is 103 Å². The van der Waals surface area contributed by atoms with Crippen LogP contribution in [0.4, 0.5) is 11.4 Å². The Morgan fingerprint density at radius 3 is 1.78 bits per heavy atom. The fraction of sp³-hybridized carbons (Fsp3) is 0.148. The molecule has 2 aliphatic carbocycles. The number of carbonyl (C=O) groups is 4. The number of carbonyl (C=O) groups excluding carboxylic acids is 3. The average molecular weight is 903 g/mol. The quantitative estimate of drug-likeness (QED) is 0.0733. The van der Waals surface area contributed by atoms with Gasteiger partial charge in [-0.15, -0.1) is 0 Å². The van der Waals surface area contributed by atoms with Crippen LogP contribution in [0.2, 0.25) is 0 Å². The second-order valence-corrected chi connectivity index (χ2v) is 17.3. The molecule has 2 aliphatic heterocycles. The van der Waals surface area contributed by atoms with Crippen molar-refractivity contribution in [1.82, 2.24) is 20.8 Å². The van der Waals surface area contributed by atoms with E-state index in [0.29, 0.717) is 22.5 Å². The number of carboxylic acid groups (broad SMARTS) is 1. The molecule has 2 saturated carbocycles. The third-order valence-corrected chi connectivity index (χ3v) is 12.7. The van der Waals surface area contributed by atoms with Crippen molar-refractivity contribution in [2.75, 3.05) is 18.2 Å². The summed E-state index contributed by atoms with van der Waals surface area (Å²) in [5.74, 6) is -0.296. The molecule has 14 nitrogen and oxygen atoms in total. The molecule has 4 unspecified atom stereocenters. The lowest BCUT2D eigenvalue weighted by Gasteiger charge is -2.09. The maximum Gasteiger partial charge on any atom is 0.307 e. The van der Waals surface area contributed by atoms with Crippen molar-refractivity contribution < 1.29 is 29.0 Å². The van der Waals surface area contributed by atoms with Crippen LogP contribution < -0.4 is 26.6 Å². The number of methoxy groups -OCH3 is 1. The van der Waals surface area contributed by atoms with Crippen LogP contribution in [0.25, 0.3) is 44.3 Å². The van der Waals surface area contributed by atoms with Gasteiger partial charge in [-0.2, -0.15) is 10.2 Å². The molecule has 8 N–H and O–H groups in total. The molecule has 338 valence electrons. The Labute approximate surface area is 390 Å². The van der Waals surface area contributed by atoms with Gasteiger partial charge in [0.1, 0.15) is 5.75 Å². The molecular formula is C54H46N8O6. The Morgan fingerprint density at radius 1 is 0.662 bits per heavy atom. The third-order valence-electron chi connectivity index (χ3n) is 12.7. The van der Waals surface area contributed by atoms with E-state index in [1.807, 2.05) is 103 Å². The lowest BCUT2D eigenvalue weighted by atomic mass is 10.0. The molecule has 4 atom stereocenters. The number of carboxylic acids is 1. The molecule has 4 heterocycles. The molecule has 12 rings (SSSR count). The zero-order valence-corrected chi connectivity index (χ0v) is 37.0. The number of hydrogen-bond acceptors (Lipinski definition) is 8. The van der Waals surface area contributed by atoms with E-state index in [1.165, 1.54) is 11.1 Å². The molecule has 0 spiro atoms. The van der Waals surface area contributed by atoms with Crippen molar-refractivity contribution in [1.29, 1.82) is 0 Å². The summed E-state index contributed by atoms with van der Waals surface area (Å²) in [6.45, 7) is 2.06. The maximum absolute atomic E-state index is 13.0. The summed E-state index contributed by atoms with van der Waals surface area (Å²) in [6, 6.07) is 42.9. The van der Waals surface area contributed by atoms with Crippen LogP contribution >= 0.6 is 0 Å². The number of hydrogen-bond donors (Lipinski definition) is 7. The number of anilines is 2. The number of aromatic amines is 2. The Balaban J connectivity index is 0.000000131. The number of aryl methyl sites for hydroxylation is 1. The summed E-state index contributed by atoms with van der Waals surface area (Å²) in [7, 11) is 1.61. The molecule has 0 radical (unpaired) electrons. The van der Waals surface area contributed by atoms with Gasteiger partial charge in [0.2, 0.25) is 5.91 Å². The number of nitrogens with two attached hydrogens (primary N) is 1. The van der Waals surface area contributed by atoms with Crippen LogP contribution in [-0.4, -0.2) is 58.3 Å². The van der Waals surface area contributed by atoms with Crippen molar-refractivity contribution in [2.24, 2.45) is 22.0 Å². The molecule has 2 fully saturated rings. The first-order chi connectivity index (χ1) is 33.0. The highest BCUT2D eigenvalue weighted by atomic mass is 16.5. The zero-order valence-electron chi connectivity index (χ0n) is 37.0. The summed E-state index contributed by atoms with van der Waals surface area (Å²) < 4.78 is 5.08. The molecule has 6 aromatic carbocycles. The molecule has 14 heteroatoms. The number of hydrazone groups is 2. The lowest BCUT2D eigenvalue weighted by molar-refractivity contribution is -0.138. The van der Waals surface area contributed by atoms with Crippen molar-refractivity contribution in [3.63, 3.8) is 0 Å². The number of H-pyrrole nitrogens is 2. The van der Waals surface area contributed by atoms with Crippen LogP contribution in [0, 0.1) is 18.8 Å². The molecule has 68 heavy (non-hydrogen) atoms. The van der Waals surface area contributed by atoms with Crippen molar-refractivity contribution in [2.45, 2.75) is 31.6 Å². The average Bonchev–Trinajstić information content (AvgIpc) is 4.28. The maximum atomic E-state index is 13.0. The smallest absolute Gasteiger partial charge is 0.307 e. The van der Waals surface area contributed by atoms with Gasteiger partial charge < -0.3 is 30.9 Å². The number of ether oxygens (including phenoxy) is 1. The number of nitrogens with one attached hydrogen (secondary N) is 5. The Bertz CT molecular complexity index is 3360. The number of aromatic nitrogens is 2. The minimum atomic E-state index is -0.696. The van der Waals surface area contributed by atoms with Gasteiger partial charge in [0.25, 0.3) is 11.8 Å². The number of rotatable bonds is 8. The van der Waals surface area contributed by atoms with E-state index >= 15 is 0 Å². The highest BCUT2D eigenvalue weighted by molar-refractivity contribution is 6.19. The van der Waals surface area contributed by atoms with Gasteiger partial charge in [-0.25, -0.2) is 10.9 Å². The molecule has 0 bridgehead atoms. The normalized spacial score (nSPS) is 18.1. The van der Waals surface area contributed by atoms with Crippen LogP contribution in [0.1, 0.15) is 73.2 Å². The first-order valence-electron chi connectivity index (χ1n) is 22.2. The first-order valence-corrected chi connectivity index (χ1v) is 22.2. The minimum Gasteiger partial charge on any atom is -0.497 e. The second-order valence-electron chi connectivity index (χ2n) is 17.3. The molecule has 4 aliphatic rings. The van der Waals surface area contributed by atoms with Gasteiger partial charge >= 0.3 is 5.97 Å². The summed E-state index contributed by atoms with van der Waals surface area (Å²) in [5, 5.41) is 21.6. The Kier molecular flexibility index (Phi) is 11.3. The van der Waals surface area contributed by atoms with Gasteiger partial charge in [0.05, 0.1) is 48.0 Å². The van der Waals surface area contributed by atoms with Crippen molar-refractivity contribution in [3.8, 4) is 28.3 Å². The molecule has 3 amide bonds. The Hall–Kier alpha value is -8.78. The summed E-state index contributed by atoms with van der Waals surface area (Å²) in [6.07, 6.45) is 4.93. The highest BCUT2D eigenvalue weighted by Gasteiger charge is 2.45. The SMILES string of the molecule is COc1cccc(C2CC2C(=O)O)c1.Cc1cccc(C2CC2C(=O)Nc2cc3c4c(c(-c5ccccc5)[nH]c4c2)C=NNC3=O)c1.Nc1cc2c3c(c(-c4ccccc4)[nH]c3c1)C=NNC2=O. The zero-order chi connectivity index (χ0) is 47.1. The van der Waals surface area contributed by atoms with E-state index in [0.717, 1.165) is 79.6 Å². The molecular weight excluding hydrogens is 857 g/mol. The van der Waals surface area contributed by atoms with E-state index in [1.54, 1.807) is 31.7 Å². The minimum absolute atomic E-state index is 0.0200. The fourth-order valence-corrected chi connectivity index (χ4v) is 9.22. The molecule has 0 saturated heterocycles. The number of amides is 3. The number of nitrogen functional groups attached to an aromatic ring is 1. The van der Waals surface area contributed by atoms with Crippen LogP contribution in [0.5, 0.6) is 5.75 Å². The van der Waals surface area contributed by atoms with Crippen LogP contribution in [0.3, 0.4) is 0 Å². The number of nitrogens with zero attached hydrogens (tertiary/aromatic N) is 2. The molecule has 8 aromatic rings. The van der Waals surface area contributed by atoms with Gasteiger partial charge in [0, 0.05) is 50.2 Å². The largest absolute Gasteiger partial charge is 0.497 e. The lowest BCUT2D eigenvalue weighted by Crippen LogP contribution is -2.18. The van der Waals surface area contributed by atoms with E-state index in [4.69, 9.17) is 15.6 Å². The van der Waals surface area contributed by atoms with Gasteiger partial charge in [0.15, 0.2) is 0 Å². The topological polar surface area (TPSA) is 216 Å². The number of aliphatic carboxylic acids is 1. The standard InChI is InChI=1S/C27H22N4O2.C16H12N4O.C11H12O3/c1-15-6-5-9-17(10-15)19-13-20(19)26(32)29-18-11-21-24-22(14-28-31-27(21)33)25(30-23(24)12-18)16-7-3-2-4-8-16;17-10-6-11-14-12(8-18-20-16(11)21)15(19-13(14)7-10)9-4-2-1-3-5-9;1-14-8-4-2-3-7(5-8)9-6-10(9)11(12)13/h2-12,14,19-20,30H,13H2,1H3,(H,29,32)(H,31,33);1-8,19H,17H2,(H,20,21);2-5,9-10H,6H2,1H3,(H,12,13). The van der Waals surface area contributed by atoms with Gasteiger partial charge in [-0.3, -0.25) is 19.2 Å².